The number of anilines is 1. The number of rotatable bonds is 10. The highest BCUT2D eigenvalue weighted by atomic mass is 32.2. The Balaban J connectivity index is 1.50. The zero-order chi connectivity index (χ0) is 25.4. The van der Waals surface area contributed by atoms with Crippen LogP contribution in [0.15, 0.2) is 53.2 Å². The first-order valence-electron chi connectivity index (χ1n) is 10.5. The topological polar surface area (TPSA) is 131 Å². The number of hydrogen-bond acceptors (Lipinski definition) is 9. The Labute approximate surface area is 208 Å². The van der Waals surface area contributed by atoms with Crippen molar-refractivity contribution in [2.75, 3.05) is 24.8 Å². The SMILES string of the molecule is Cc1cc(C)cc(OCCCOc2ccc(C=C(C#N)C(=O)Nc3nc(S(C)(=O)=O)ns3)cc2)c1. The van der Waals surface area contributed by atoms with E-state index in [0.29, 0.717) is 30.9 Å². The number of nitriles is 1. The fraction of sp³-hybridized carbons (Fsp3) is 0.250. The molecule has 0 fully saturated rings. The van der Waals surface area contributed by atoms with Gasteiger partial charge >= 0.3 is 0 Å². The number of nitrogens with one attached hydrogen (secondary N) is 1. The van der Waals surface area contributed by atoms with Gasteiger partial charge in [0, 0.05) is 24.2 Å². The molecule has 182 valence electrons. The second-order valence-electron chi connectivity index (χ2n) is 7.72. The summed E-state index contributed by atoms with van der Waals surface area (Å²) < 4.78 is 38.1. The van der Waals surface area contributed by atoms with Gasteiger partial charge in [-0.2, -0.15) is 14.6 Å². The van der Waals surface area contributed by atoms with E-state index in [1.807, 2.05) is 32.0 Å². The highest BCUT2D eigenvalue weighted by Crippen LogP contribution is 2.19. The highest BCUT2D eigenvalue weighted by Gasteiger charge is 2.17. The van der Waals surface area contributed by atoms with Crippen LogP contribution in [0, 0.1) is 25.2 Å². The van der Waals surface area contributed by atoms with Crippen molar-refractivity contribution in [1.82, 2.24) is 9.36 Å². The molecular weight excluding hydrogens is 488 g/mol. The van der Waals surface area contributed by atoms with E-state index < -0.39 is 15.7 Å². The van der Waals surface area contributed by atoms with Crippen LogP contribution in [0.4, 0.5) is 5.13 Å². The molecule has 3 aromatic rings. The standard InChI is InChI=1S/C24H24N4O5S2/c1-16-11-17(2)13-21(12-16)33-10-4-9-32-20-7-5-18(6-8-20)14-19(15-25)22(29)26-23-27-24(28-34-23)35(3,30)31/h5-8,11-14H,4,9-10H2,1-3H3,(H,26,27,28,29). The molecule has 1 aromatic heterocycles. The van der Waals surface area contributed by atoms with Crippen molar-refractivity contribution in [3.63, 3.8) is 0 Å². The molecule has 3 rings (SSSR count). The first kappa shape index (κ1) is 25.9. The molecule has 1 heterocycles. The lowest BCUT2D eigenvalue weighted by atomic mass is 10.1. The second-order valence-corrected chi connectivity index (χ2v) is 10.4. The van der Waals surface area contributed by atoms with Gasteiger partial charge in [-0.3, -0.25) is 10.1 Å². The summed E-state index contributed by atoms with van der Waals surface area (Å²) in [4.78, 5) is 16.1. The van der Waals surface area contributed by atoms with E-state index in [4.69, 9.17) is 9.47 Å². The molecule has 0 aliphatic rings. The largest absolute Gasteiger partial charge is 0.493 e. The Morgan fingerprint density at radius 2 is 1.71 bits per heavy atom. The summed E-state index contributed by atoms with van der Waals surface area (Å²) >= 11 is 0.717. The summed E-state index contributed by atoms with van der Waals surface area (Å²) in [6.45, 7) is 5.07. The van der Waals surface area contributed by atoms with E-state index in [9.17, 15) is 18.5 Å². The van der Waals surface area contributed by atoms with E-state index in [1.165, 1.54) is 6.08 Å². The number of aryl methyl sites for hydroxylation is 2. The number of benzene rings is 2. The van der Waals surface area contributed by atoms with Crippen molar-refractivity contribution < 1.29 is 22.7 Å². The van der Waals surface area contributed by atoms with Crippen molar-refractivity contribution >= 4 is 38.5 Å². The number of carbonyl (C=O) groups excluding carboxylic acids is 1. The summed E-state index contributed by atoms with van der Waals surface area (Å²) in [7, 11) is -3.58. The van der Waals surface area contributed by atoms with Gasteiger partial charge in [-0.05, 0) is 60.9 Å². The number of amides is 1. The summed E-state index contributed by atoms with van der Waals surface area (Å²) in [5, 5.41) is 11.4. The molecule has 35 heavy (non-hydrogen) atoms. The maximum atomic E-state index is 12.4. The summed E-state index contributed by atoms with van der Waals surface area (Å²) in [6, 6.07) is 14.8. The molecule has 11 heteroatoms. The Bertz CT molecular complexity index is 1350. The molecule has 0 spiro atoms. The van der Waals surface area contributed by atoms with Crippen LogP contribution in [0.1, 0.15) is 23.1 Å². The van der Waals surface area contributed by atoms with Gasteiger partial charge in [0.15, 0.2) is 0 Å². The minimum atomic E-state index is -3.58. The predicted octanol–water partition coefficient (Wildman–Crippen LogP) is 3.95. The number of sulfone groups is 1. The molecule has 0 aliphatic heterocycles. The average Bonchev–Trinajstić information content (AvgIpc) is 3.26. The zero-order valence-corrected chi connectivity index (χ0v) is 21.1. The van der Waals surface area contributed by atoms with Gasteiger partial charge in [0.05, 0.1) is 13.2 Å². The summed E-state index contributed by atoms with van der Waals surface area (Å²) in [5.74, 6) is 0.782. The molecule has 9 nitrogen and oxygen atoms in total. The van der Waals surface area contributed by atoms with Gasteiger partial charge in [-0.15, -0.1) is 0 Å². The number of aromatic nitrogens is 2. The second kappa shape index (κ2) is 11.6. The Kier molecular flexibility index (Phi) is 8.57. The van der Waals surface area contributed by atoms with Crippen LogP contribution in [-0.4, -0.2) is 43.2 Å². The Hall–Kier alpha value is -3.75. The molecule has 0 atom stereocenters. The van der Waals surface area contributed by atoms with Gasteiger partial charge in [0.2, 0.25) is 15.0 Å². The maximum Gasteiger partial charge on any atom is 0.268 e. The van der Waals surface area contributed by atoms with Gasteiger partial charge < -0.3 is 9.47 Å². The maximum absolute atomic E-state index is 12.4. The quantitative estimate of drug-likeness (QED) is 0.245. The van der Waals surface area contributed by atoms with E-state index in [-0.39, 0.29) is 15.9 Å². The van der Waals surface area contributed by atoms with Crippen LogP contribution in [0.5, 0.6) is 11.5 Å². The van der Waals surface area contributed by atoms with Crippen LogP contribution in [0.3, 0.4) is 0 Å². The Morgan fingerprint density at radius 1 is 1.09 bits per heavy atom. The molecule has 0 radical (unpaired) electrons. The van der Waals surface area contributed by atoms with E-state index in [0.717, 1.165) is 34.7 Å². The van der Waals surface area contributed by atoms with E-state index in [2.05, 4.69) is 20.7 Å². The fourth-order valence-corrected chi connectivity index (χ4v) is 4.45. The van der Waals surface area contributed by atoms with Crippen LogP contribution in [0.2, 0.25) is 0 Å². The van der Waals surface area contributed by atoms with Gasteiger partial charge in [-0.25, -0.2) is 8.42 Å². The molecular formula is C24H24N4O5S2. The molecule has 1 amide bonds. The third-order valence-corrected chi connectivity index (χ3v) is 6.13. The number of carbonyl (C=O) groups is 1. The molecule has 1 N–H and O–H groups in total. The van der Waals surface area contributed by atoms with Crippen molar-refractivity contribution in [1.29, 1.82) is 5.26 Å². The minimum absolute atomic E-state index is 0.0122. The highest BCUT2D eigenvalue weighted by molar-refractivity contribution is 7.90. The normalized spacial score (nSPS) is 11.5. The molecule has 0 aliphatic carbocycles. The Morgan fingerprint density at radius 3 is 2.29 bits per heavy atom. The van der Waals surface area contributed by atoms with Crippen molar-refractivity contribution in [3.05, 3.63) is 64.7 Å². The molecule has 2 aromatic carbocycles. The fourth-order valence-electron chi connectivity index (χ4n) is 3.01. The number of ether oxygens (including phenoxy) is 2. The third kappa shape index (κ3) is 7.91. The molecule has 0 saturated carbocycles. The van der Waals surface area contributed by atoms with Crippen LogP contribution in [-0.2, 0) is 14.6 Å². The lowest BCUT2D eigenvalue weighted by Gasteiger charge is -2.09. The van der Waals surface area contributed by atoms with Crippen molar-refractivity contribution in [3.8, 4) is 17.6 Å². The third-order valence-electron chi connectivity index (χ3n) is 4.54. The van der Waals surface area contributed by atoms with Crippen LogP contribution >= 0.6 is 11.5 Å². The lowest BCUT2D eigenvalue weighted by Crippen LogP contribution is -2.13. The van der Waals surface area contributed by atoms with Crippen molar-refractivity contribution in [2.24, 2.45) is 0 Å². The smallest absolute Gasteiger partial charge is 0.268 e. The number of hydrogen-bond donors (Lipinski definition) is 1. The van der Waals surface area contributed by atoms with Crippen LogP contribution < -0.4 is 14.8 Å². The number of nitrogens with zero attached hydrogens (tertiary/aromatic N) is 3. The van der Waals surface area contributed by atoms with Gasteiger partial charge in [-0.1, -0.05) is 18.2 Å². The summed E-state index contributed by atoms with van der Waals surface area (Å²) in [6.07, 6.45) is 3.09. The molecule has 0 saturated heterocycles. The first-order valence-corrected chi connectivity index (χ1v) is 13.2. The average molecular weight is 513 g/mol. The summed E-state index contributed by atoms with van der Waals surface area (Å²) in [5.41, 5.74) is 2.77. The monoisotopic (exact) mass is 512 g/mol. The van der Waals surface area contributed by atoms with Gasteiger partial charge in [0.25, 0.3) is 11.1 Å². The van der Waals surface area contributed by atoms with E-state index in [1.54, 1.807) is 24.3 Å². The van der Waals surface area contributed by atoms with Crippen LogP contribution in [0.25, 0.3) is 6.08 Å². The van der Waals surface area contributed by atoms with E-state index >= 15 is 0 Å². The minimum Gasteiger partial charge on any atom is -0.493 e. The zero-order valence-electron chi connectivity index (χ0n) is 19.4. The van der Waals surface area contributed by atoms with Gasteiger partial charge in [0.1, 0.15) is 23.1 Å². The predicted molar refractivity (Wildman–Crippen MR) is 133 cm³/mol. The van der Waals surface area contributed by atoms with Crippen molar-refractivity contribution in [2.45, 2.75) is 25.4 Å². The first-order chi connectivity index (χ1) is 16.6. The molecule has 0 bridgehead atoms. The molecule has 0 unspecified atom stereocenters. The lowest BCUT2D eigenvalue weighted by molar-refractivity contribution is -0.112.